The maximum Gasteiger partial charge on any atom is 0.264 e. The number of likely N-dealkylation sites (tertiary alicyclic amines) is 1. The molecule has 302 valence electrons. The average molecular weight is 795 g/mol. The lowest BCUT2D eigenvalue weighted by atomic mass is 9.81. The number of aromatic nitrogens is 3. The third-order valence-electron chi connectivity index (χ3n) is 13.2. The zero-order valence-corrected chi connectivity index (χ0v) is 34.3. The van der Waals surface area contributed by atoms with Crippen LogP contribution in [0, 0.1) is 0 Å². The molecule has 4 fully saturated rings. The fourth-order valence-corrected chi connectivity index (χ4v) is 10.9. The van der Waals surface area contributed by atoms with Crippen molar-refractivity contribution in [1.29, 1.82) is 0 Å². The quantitative estimate of drug-likeness (QED) is 0.205. The van der Waals surface area contributed by atoms with Gasteiger partial charge in [-0.15, -0.1) is 0 Å². The first kappa shape index (κ1) is 38.1. The van der Waals surface area contributed by atoms with Gasteiger partial charge >= 0.3 is 0 Å². The summed E-state index contributed by atoms with van der Waals surface area (Å²) in [6.07, 6.45) is 13.2. The minimum absolute atomic E-state index is 0.0331. The van der Waals surface area contributed by atoms with Crippen LogP contribution in [0.2, 0.25) is 0 Å². The molecule has 0 radical (unpaired) electrons. The van der Waals surface area contributed by atoms with Gasteiger partial charge in [0, 0.05) is 60.4 Å². The zero-order valence-electron chi connectivity index (χ0n) is 33.5. The van der Waals surface area contributed by atoms with Crippen LogP contribution in [-0.2, 0) is 21.3 Å². The Morgan fingerprint density at radius 2 is 1.65 bits per heavy atom. The molecule has 2 atom stereocenters. The number of benzene rings is 2. The number of piperazine rings is 1. The van der Waals surface area contributed by atoms with Crippen molar-refractivity contribution in [1.82, 2.24) is 28.9 Å². The lowest BCUT2D eigenvalue weighted by molar-refractivity contribution is 0.0471. The van der Waals surface area contributed by atoms with Gasteiger partial charge in [-0.3, -0.25) is 14.3 Å². The highest BCUT2D eigenvalue weighted by Crippen LogP contribution is 2.48. The van der Waals surface area contributed by atoms with Crippen LogP contribution >= 0.6 is 0 Å². The molecule has 9 rings (SSSR count). The highest BCUT2D eigenvalue weighted by Gasteiger charge is 2.43. The first-order valence-corrected chi connectivity index (χ1v) is 22.3. The molecule has 4 aliphatic heterocycles. The van der Waals surface area contributed by atoms with Gasteiger partial charge in [0.25, 0.3) is 11.8 Å². The van der Waals surface area contributed by atoms with Gasteiger partial charge < -0.3 is 23.8 Å². The number of carbonyl (C=O) groups excluding carboxylic acids is 2. The second-order valence-electron chi connectivity index (χ2n) is 17.1. The summed E-state index contributed by atoms with van der Waals surface area (Å²) >= 11 is 0. The molecule has 6 heterocycles. The first-order valence-electron chi connectivity index (χ1n) is 20.8. The van der Waals surface area contributed by atoms with Crippen molar-refractivity contribution in [2.45, 2.75) is 107 Å². The number of methoxy groups -OCH3 is 1. The minimum Gasteiger partial charge on any atom is -0.497 e. The molecule has 2 amide bonds. The van der Waals surface area contributed by atoms with E-state index in [1.165, 1.54) is 12.0 Å². The lowest BCUT2D eigenvalue weighted by Gasteiger charge is -2.39. The topological polar surface area (TPSA) is 128 Å². The first-order chi connectivity index (χ1) is 27.5. The number of nitrogens with zero attached hydrogens (tertiary/aromatic N) is 5. The SMILES string of the molecule is COc1ccc2c(c1)C=C(c1c(C(=O)N3C4CCC3CN(C)C4)cnn1C1CCOCC1)Cn1c-2c(C2CCCCC2)c2ccc(C(=O)NS(=O)(=O)C(C)C)cc21. The monoisotopic (exact) mass is 794 g/mol. The molecule has 12 nitrogen and oxygen atoms in total. The summed E-state index contributed by atoms with van der Waals surface area (Å²) in [5.41, 5.74) is 7.92. The number of ether oxygens (including phenoxy) is 2. The molecule has 5 aliphatic rings. The third-order valence-corrected chi connectivity index (χ3v) is 14.9. The Kier molecular flexibility index (Phi) is 10.1. The van der Waals surface area contributed by atoms with Gasteiger partial charge in [0.1, 0.15) is 5.75 Å². The van der Waals surface area contributed by atoms with Crippen LogP contribution < -0.4 is 9.46 Å². The predicted octanol–water partition coefficient (Wildman–Crippen LogP) is 6.85. The molecular formula is C44H54N6O6S. The normalized spacial score (nSPS) is 22.0. The maximum absolute atomic E-state index is 15.0. The van der Waals surface area contributed by atoms with Gasteiger partial charge in [-0.2, -0.15) is 5.10 Å². The van der Waals surface area contributed by atoms with Crippen molar-refractivity contribution < 1.29 is 27.5 Å². The van der Waals surface area contributed by atoms with E-state index in [0.29, 0.717) is 31.2 Å². The second kappa shape index (κ2) is 15.0. The van der Waals surface area contributed by atoms with Gasteiger partial charge in [-0.05, 0) is 118 Å². The van der Waals surface area contributed by atoms with Gasteiger partial charge in [0.05, 0.1) is 48.1 Å². The Labute approximate surface area is 335 Å². The predicted molar refractivity (Wildman–Crippen MR) is 221 cm³/mol. The molecule has 4 aromatic rings. The van der Waals surface area contributed by atoms with Gasteiger partial charge in [0.2, 0.25) is 10.0 Å². The number of fused-ring (bicyclic) bond motifs is 7. The Balaban J connectivity index is 1.26. The number of allylic oxidation sites excluding steroid dienone is 1. The molecule has 2 unspecified atom stereocenters. The number of amides is 2. The Morgan fingerprint density at radius 3 is 2.35 bits per heavy atom. The number of nitrogens with one attached hydrogen (secondary N) is 1. The van der Waals surface area contributed by atoms with Crippen LogP contribution in [0.15, 0.2) is 42.6 Å². The van der Waals surface area contributed by atoms with E-state index in [9.17, 15) is 18.0 Å². The van der Waals surface area contributed by atoms with E-state index in [1.807, 2.05) is 18.2 Å². The van der Waals surface area contributed by atoms with Crippen LogP contribution in [0.4, 0.5) is 0 Å². The van der Waals surface area contributed by atoms with E-state index in [2.05, 4.69) is 49.0 Å². The maximum atomic E-state index is 15.0. The molecule has 2 aromatic heterocycles. The van der Waals surface area contributed by atoms with Crippen molar-refractivity contribution in [3.05, 3.63) is 70.5 Å². The highest BCUT2D eigenvalue weighted by atomic mass is 32.2. The zero-order chi connectivity index (χ0) is 39.6. The number of rotatable bonds is 8. The van der Waals surface area contributed by atoms with E-state index in [-0.39, 0.29) is 29.6 Å². The van der Waals surface area contributed by atoms with Crippen molar-refractivity contribution in [3.8, 4) is 17.0 Å². The second-order valence-corrected chi connectivity index (χ2v) is 19.3. The van der Waals surface area contributed by atoms with E-state index >= 15 is 0 Å². The molecule has 2 aromatic carbocycles. The molecular weight excluding hydrogens is 741 g/mol. The number of sulfonamides is 1. The average Bonchev–Trinajstić information content (AvgIpc) is 3.84. The third kappa shape index (κ3) is 6.78. The van der Waals surface area contributed by atoms with Crippen molar-refractivity contribution in [2.24, 2.45) is 0 Å². The fourth-order valence-electron chi connectivity index (χ4n) is 10.3. The molecule has 1 N–H and O–H groups in total. The summed E-state index contributed by atoms with van der Waals surface area (Å²) in [6, 6.07) is 12.2. The Morgan fingerprint density at radius 1 is 0.912 bits per heavy atom. The standard InChI is InChI=1S/C44H54N6O6S/c1-27(2)57(53,54)46-43(51)29-10-14-37-39(22-29)48-24-31(20-30-21-35(55-4)13-15-36(30)42(48)40(37)28-8-6-5-7-9-28)41-38(23-45-50(41)32-16-18-56-19-17-32)44(52)49-33-11-12-34(49)26-47(3)25-33/h10,13-15,20-23,27-28,32-34H,5-9,11-12,16-19,24-26H2,1-4H3,(H,46,51). The van der Waals surface area contributed by atoms with Crippen LogP contribution in [0.3, 0.4) is 0 Å². The number of hydrogen-bond acceptors (Lipinski definition) is 8. The number of hydrogen-bond donors (Lipinski definition) is 1. The van der Waals surface area contributed by atoms with E-state index in [0.717, 1.165) is 109 Å². The highest BCUT2D eigenvalue weighted by molar-refractivity contribution is 7.90. The Hall–Kier alpha value is -4.46. The molecule has 0 spiro atoms. The summed E-state index contributed by atoms with van der Waals surface area (Å²) < 4.78 is 44.0. The number of carbonyl (C=O) groups is 2. The fraction of sp³-hybridized carbons (Fsp3) is 0.523. The van der Waals surface area contributed by atoms with Gasteiger partial charge in [-0.1, -0.05) is 25.3 Å². The minimum atomic E-state index is -3.85. The molecule has 3 saturated heterocycles. The van der Waals surface area contributed by atoms with Gasteiger partial charge in [0.15, 0.2) is 0 Å². The van der Waals surface area contributed by atoms with Crippen LogP contribution in [0.1, 0.15) is 121 Å². The molecule has 57 heavy (non-hydrogen) atoms. The van der Waals surface area contributed by atoms with Crippen molar-refractivity contribution >= 4 is 44.4 Å². The number of likely N-dealkylation sites (N-methyl/N-ethyl adjacent to an activating group) is 1. The largest absolute Gasteiger partial charge is 0.497 e. The summed E-state index contributed by atoms with van der Waals surface area (Å²) in [5.74, 6) is 0.433. The van der Waals surface area contributed by atoms with E-state index in [4.69, 9.17) is 14.6 Å². The van der Waals surface area contributed by atoms with Crippen molar-refractivity contribution in [2.75, 3.05) is 40.5 Å². The smallest absolute Gasteiger partial charge is 0.264 e. The molecule has 1 aliphatic carbocycles. The summed E-state index contributed by atoms with van der Waals surface area (Å²) in [7, 11) is -0.0249. The summed E-state index contributed by atoms with van der Waals surface area (Å²) in [4.78, 5) is 33.1. The summed E-state index contributed by atoms with van der Waals surface area (Å²) in [5, 5.41) is 5.34. The van der Waals surface area contributed by atoms with Crippen LogP contribution in [-0.4, -0.2) is 102 Å². The molecule has 2 bridgehead atoms. The van der Waals surface area contributed by atoms with Gasteiger partial charge in [-0.25, -0.2) is 13.1 Å². The molecule has 13 heteroatoms. The van der Waals surface area contributed by atoms with Crippen molar-refractivity contribution in [3.63, 3.8) is 0 Å². The van der Waals surface area contributed by atoms with Crippen LogP contribution in [0.25, 0.3) is 33.8 Å². The van der Waals surface area contributed by atoms with E-state index in [1.54, 1.807) is 33.2 Å². The van der Waals surface area contributed by atoms with Crippen LogP contribution in [0.5, 0.6) is 5.75 Å². The summed E-state index contributed by atoms with van der Waals surface area (Å²) in [6.45, 7) is 6.50. The van der Waals surface area contributed by atoms with E-state index < -0.39 is 21.2 Å². The molecule has 1 saturated carbocycles. The lowest BCUT2D eigenvalue weighted by Crippen LogP contribution is -2.54. The Bertz CT molecular complexity index is 2350.